The lowest BCUT2D eigenvalue weighted by Crippen LogP contribution is -2.44. The van der Waals surface area contributed by atoms with Gasteiger partial charge in [0.2, 0.25) is 5.91 Å². The van der Waals surface area contributed by atoms with E-state index in [2.05, 4.69) is 10.3 Å². The molecule has 0 saturated carbocycles. The Morgan fingerprint density at radius 2 is 1.93 bits per heavy atom. The molecule has 7 heteroatoms. The van der Waals surface area contributed by atoms with Crippen LogP contribution < -0.4 is 16.0 Å². The molecule has 1 fully saturated rings. The van der Waals surface area contributed by atoms with E-state index in [0.29, 0.717) is 29.6 Å². The summed E-state index contributed by atoms with van der Waals surface area (Å²) in [4.78, 5) is 42.2. The van der Waals surface area contributed by atoms with Crippen LogP contribution in [0.2, 0.25) is 0 Å². The number of ketones is 1. The number of aromatic amines is 1. The third-order valence-corrected chi connectivity index (χ3v) is 4.74. The second-order valence-corrected chi connectivity index (χ2v) is 6.48. The first kappa shape index (κ1) is 16.8. The van der Waals surface area contributed by atoms with Gasteiger partial charge in [-0.1, -0.05) is 18.2 Å². The average Bonchev–Trinajstić information content (AvgIpc) is 3.25. The first-order valence-electron chi connectivity index (χ1n) is 8.63. The number of amides is 2. The minimum absolute atomic E-state index is 0.217. The fourth-order valence-corrected chi connectivity index (χ4v) is 3.35. The summed E-state index contributed by atoms with van der Waals surface area (Å²) < 4.78 is 0. The molecule has 136 valence electrons. The normalized spacial score (nSPS) is 16.7. The molecule has 1 aromatic heterocycles. The van der Waals surface area contributed by atoms with Crippen molar-refractivity contribution in [2.75, 3.05) is 17.2 Å². The molecular formula is C20H18N4O3. The third kappa shape index (κ3) is 3.03. The maximum atomic E-state index is 12.6. The predicted molar refractivity (Wildman–Crippen MR) is 102 cm³/mol. The van der Waals surface area contributed by atoms with E-state index >= 15 is 0 Å². The maximum Gasteiger partial charge on any atom is 0.293 e. The molecule has 1 aliphatic heterocycles. The predicted octanol–water partition coefficient (Wildman–Crippen LogP) is 1.85. The van der Waals surface area contributed by atoms with Gasteiger partial charge in [-0.2, -0.15) is 0 Å². The number of nitrogens with two attached hydrogens (primary N) is 1. The topological polar surface area (TPSA) is 108 Å². The zero-order valence-corrected chi connectivity index (χ0v) is 14.4. The number of carbonyl (C=O) groups excluding carboxylic acids is 3. The van der Waals surface area contributed by atoms with Gasteiger partial charge >= 0.3 is 0 Å². The van der Waals surface area contributed by atoms with Gasteiger partial charge in [0.1, 0.15) is 6.04 Å². The first-order valence-corrected chi connectivity index (χ1v) is 8.63. The Labute approximate surface area is 155 Å². The molecule has 4 rings (SSSR count). The van der Waals surface area contributed by atoms with Crippen LogP contribution >= 0.6 is 0 Å². The Bertz CT molecular complexity index is 1040. The second kappa shape index (κ2) is 6.60. The number of carbonyl (C=O) groups is 3. The molecule has 3 aromatic rings. The van der Waals surface area contributed by atoms with Crippen LogP contribution in [-0.2, 0) is 9.59 Å². The van der Waals surface area contributed by atoms with Gasteiger partial charge in [-0.05, 0) is 36.8 Å². The number of H-pyrrole nitrogens is 1. The van der Waals surface area contributed by atoms with Gasteiger partial charge in [0.25, 0.3) is 11.7 Å². The van der Waals surface area contributed by atoms with Crippen molar-refractivity contribution in [3.05, 3.63) is 60.3 Å². The fourth-order valence-electron chi connectivity index (χ4n) is 3.35. The van der Waals surface area contributed by atoms with E-state index in [1.54, 1.807) is 23.1 Å². The Balaban J connectivity index is 1.50. The summed E-state index contributed by atoms with van der Waals surface area (Å²) in [7, 11) is 0. The molecular weight excluding hydrogens is 344 g/mol. The van der Waals surface area contributed by atoms with Gasteiger partial charge in [-0.25, -0.2) is 0 Å². The Morgan fingerprint density at radius 3 is 2.70 bits per heavy atom. The van der Waals surface area contributed by atoms with Crippen LogP contribution in [0, 0.1) is 0 Å². The molecule has 4 N–H and O–H groups in total. The highest BCUT2D eigenvalue weighted by atomic mass is 16.2. The summed E-state index contributed by atoms with van der Waals surface area (Å²) in [6.45, 7) is 0.492. The molecule has 0 aliphatic carbocycles. The molecule has 0 radical (unpaired) electrons. The van der Waals surface area contributed by atoms with Crippen LogP contribution in [-0.4, -0.2) is 35.2 Å². The van der Waals surface area contributed by atoms with Crippen LogP contribution in [0.5, 0.6) is 0 Å². The van der Waals surface area contributed by atoms with Crippen molar-refractivity contribution in [1.29, 1.82) is 0 Å². The zero-order chi connectivity index (χ0) is 19.0. The van der Waals surface area contributed by atoms with Crippen molar-refractivity contribution in [2.24, 2.45) is 0 Å². The van der Waals surface area contributed by atoms with Crippen molar-refractivity contribution in [2.45, 2.75) is 12.5 Å². The lowest BCUT2D eigenvalue weighted by molar-refractivity contribution is -0.124. The van der Waals surface area contributed by atoms with E-state index in [-0.39, 0.29) is 11.5 Å². The van der Waals surface area contributed by atoms with Gasteiger partial charge in [0.15, 0.2) is 0 Å². The Kier molecular flexibility index (Phi) is 4.12. The molecule has 1 atom stereocenters. The number of anilines is 2. The number of hydrogen-bond donors (Lipinski definition) is 3. The zero-order valence-electron chi connectivity index (χ0n) is 14.4. The van der Waals surface area contributed by atoms with E-state index < -0.39 is 17.7 Å². The van der Waals surface area contributed by atoms with Crippen molar-refractivity contribution in [3.8, 4) is 0 Å². The quantitative estimate of drug-likeness (QED) is 0.374. The highest BCUT2D eigenvalue weighted by molar-refractivity contribution is 6.45. The maximum absolute atomic E-state index is 12.6. The molecule has 2 aromatic carbocycles. The van der Waals surface area contributed by atoms with Gasteiger partial charge in [-0.3, -0.25) is 14.4 Å². The molecule has 0 spiro atoms. The highest BCUT2D eigenvalue weighted by Gasteiger charge is 2.35. The molecule has 7 nitrogen and oxygen atoms in total. The Morgan fingerprint density at radius 1 is 1.15 bits per heavy atom. The van der Waals surface area contributed by atoms with Crippen molar-refractivity contribution >= 4 is 39.9 Å². The number of Topliss-reactive ketones (excluding diaryl/α,β-unsaturated/α-hetero) is 1. The van der Waals surface area contributed by atoms with Crippen molar-refractivity contribution in [3.63, 3.8) is 0 Å². The van der Waals surface area contributed by atoms with E-state index in [9.17, 15) is 14.4 Å². The van der Waals surface area contributed by atoms with Crippen LogP contribution in [0.3, 0.4) is 0 Å². The number of nitrogens with zero attached hydrogens (tertiary/aromatic N) is 1. The number of rotatable bonds is 4. The Hall–Kier alpha value is -3.61. The van der Waals surface area contributed by atoms with Crippen LogP contribution in [0.4, 0.5) is 11.4 Å². The van der Waals surface area contributed by atoms with Gasteiger partial charge in [0, 0.05) is 35.0 Å². The standard InChI is InChI=1S/C20H18N4O3/c21-12-6-7-16-14(10-12)15(11-22-16)18(25)19(26)23-17-8-9-24(20(17)27)13-4-2-1-3-5-13/h1-7,10-11,17,22H,8-9,21H2,(H,23,26). The number of benzene rings is 2. The third-order valence-electron chi connectivity index (χ3n) is 4.74. The molecule has 0 bridgehead atoms. The largest absolute Gasteiger partial charge is 0.399 e. The number of hydrogen-bond acceptors (Lipinski definition) is 4. The minimum atomic E-state index is -0.799. The summed E-state index contributed by atoms with van der Waals surface area (Å²) in [6, 6.07) is 13.6. The SMILES string of the molecule is Nc1ccc2[nH]cc(C(=O)C(=O)NC3CCN(c4ccccc4)C3=O)c2c1. The molecule has 1 unspecified atom stereocenters. The summed E-state index contributed by atoms with van der Waals surface area (Å²) >= 11 is 0. The number of nitrogens with one attached hydrogen (secondary N) is 2. The monoisotopic (exact) mass is 362 g/mol. The second-order valence-electron chi connectivity index (χ2n) is 6.48. The molecule has 1 saturated heterocycles. The molecule has 2 amide bonds. The molecule has 2 heterocycles. The van der Waals surface area contributed by atoms with Gasteiger partial charge < -0.3 is 20.9 Å². The number of aromatic nitrogens is 1. The summed E-state index contributed by atoms with van der Waals surface area (Å²) in [5.74, 6) is -1.71. The van der Waals surface area contributed by atoms with E-state index in [1.807, 2.05) is 30.3 Å². The van der Waals surface area contributed by atoms with Crippen LogP contribution in [0.15, 0.2) is 54.7 Å². The lowest BCUT2D eigenvalue weighted by atomic mass is 10.1. The van der Waals surface area contributed by atoms with E-state index in [1.165, 1.54) is 6.20 Å². The van der Waals surface area contributed by atoms with Crippen LogP contribution in [0.1, 0.15) is 16.8 Å². The average molecular weight is 362 g/mol. The summed E-state index contributed by atoms with van der Waals surface area (Å²) in [6.07, 6.45) is 1.94. The lowest BCUT2D eigenvalue weighted by Gasteiger charge is -2.17. The van der Waals surface area contributed by atoms with Gasteiger partial charge in [-0.15, -0.1) is 0 Å². The van der Waals surface area contributed by atoms with Crippen molar-refractivity contribution < 1.29 is 14.4 Å². The first-order chi connectivity index (χ1) is 13.0. The van der Waals surface area contributed by atoms with Crippen molar-refractivity contribution in [1.82, 2.24) is 10.3 Å². The highest BCUT2D eigenvalue weighted by Crippen LogP contribution is 2.23. The summed E-state index contributed by atoms with van der Waals surface area (Å²) in [5, 5.41) is 3.15. The smallest absolute Gasteiger partial charge is 0.293 e. The summed E-state index contributed by atoms with van der Waals surface area (Å²) in [5.41, 5.74) is 8.00. The van der Waals surface area contributed by atoms with Gasteiger partial charge in [0.05, 0.1) is 5.56 Å². The van der Waals surface area contributed by atoms with E-state index in [4.69, 9.17) is 5.73 Å². The fraction of sp³-hybridized carbons (Fsp3) is 0.150. The number of nitrogen functional groups attached to an aromatic ring is 1. The molecule has 27 heavy (non-hydrogen) atoms. The minimum Gasteiger partial charge on any atom is -0.399 e. The van der Waals surface area contributed by atoms with E-state index in [0.717, 1.165) is 5.69 Å². The van der Waals surface area contributed by atoms with Crippen LogP contribution in [0.25, 0.3) is 10.9 Å². The number of fused-ring (bicyclic) bond motifs is 1. The molecule has 1 aliphatic rings. The number of para-hydroxylation sites is 1.